The van der Waals surface area contributed by atoms with E-state index in [2.05, 4.69) is 25.4 Å². The van der Waals surface area contributed by atoms with E-state index in [1.807, 2.05) is 0 Å². The molecule has 0 aliphatic heterocycles. The maximum Gasteiger partial charge on any atom is 0.453 e. The zero-order valence-corrected chi connectivity index (χ0v) is 12.2. The number of carbonyl (C=O) groups excluding carboxylic acids is 1. The van der Waals surface area contributed by atoms with Gasteiger partial charge in [0.25, 0.3) is 5.82 Å². The predicted molar refractivity (Wildman–Crippen MR) is 70.8 cm³/mol. The third kappa shape index (κ3) is 4.74. The second kappa shape index (κ2) is 6.49. The lowest BCUT2D eigenvalue weighted by Gasteiger charge is -2.04. The summed E-state index contributed by atoms with van der Waals surface area (Å²) < 4.78 is 75.4. The van der Waals surface area contributed by atoms with Crippen LogP contribution in [0, 0.1) is 6.92 Å². The molecule has 2 heterocycles. The summed E-state index contributed by atoms with van der Waals surface area (Å²) in [6, 6.07) is 0. The number of nitrogens with one attached hydrogen (secondary N) is 1. The highest BCUT2D eigenvalue weighted by molar-refractivity contribution is 6.00. The van der Waals surface area contributed by atoms with Crippen molar-refractivity contribution in [3.05, 3.63) is 35.9 Å². The van der Waals surface area contributed by atoms with Crippen molar-refractivity contribution in [1.29, 1.82) is 0 Å². The fourth-order valence-electron chi connectivity index (χ4n) is 1.52. The number of hydrogen-bond acceptors (Lipinski definition) is 5. The van der Waals surface area contributed by atoms with Crippen LogP contribution in [0.25, 0.3) is 6.20 Å². The van der Waals surface area contributed by atoms with Crippen LogP contribution in [-0.4, -0.2) is 30.6 Å². The molecule has 0 aliphatic carbocycles. The molecule has 0 aromatic carbocycles. The largest absolute Gasteiger partial charge is 0.453 e. The molecule has 2 aromatic rings. The summed E-state index contributed by atoms with van der Waals surface area (Å²) >= 11 is 0. The van der Waals surface area contributed by atoms with E-state index in [-0.39, 0.29) is 10.4 Å². The second-order valence-corrected chi connectivity index (χ2v) is 4.52. The Morgan fingerprint density at radius 3 is 2.24 bits per heavy atom. The molecule has 2 aromatic heterocycles. The standard InChI is InChI=1S/C12H8F6N6O/c1-6-19-4-7(5-20-6)21-8(25)2-3-24-10(12(16,17)18)22-9(23-24)11(13,14)15/h2-5H,1H3,(H,21,25). The first-order valence-electron chi connectivity index (χ1n) is 6.35. The number of alkyl halides is 6. The normalized spacial score (nSPS) is 12.6. The molecule has 2 rings (SSSR count). The van der Waals surface area contributed by atoms with E-state index in [4.69, 9.17) is 0 Å². The molecule has 0 radical (unpaired) electrons. The molecular formula is C12H8F6N6O. The average Bonchev–Trinajstić information content (AvgIpc) is 2.92. The number of halogens is 6. The minimum Gasteiger partial charge on any atom is -0.320 e. The van der Waals surface area contributed by atoms with Crippen molar-refractivity contribution >= 4 is 17.8 Å². The Morgan fingerprint density at radius 2 is 1.72 bits per heavy atom. The van der Waals surface area contributed by atoms with E-state index in [0.29, 0.717) is 18.1 Å². The van der Waals surface area contributed by atoms with Gasteiger partial charge in [0, 0.05) is 12.3 Å². The number of nitrogens with zero attached hydrogens (tertiary/aromatic N) is 5. The van der Waals surface area contributed by atoms with Crippen LogP contribution in [0.1, 0.15) is 17.5 Å². The fourth-order valence-corrected chi connectivity index (χ4v) is 1.52. The Bertz CT molecular complexity index is 792. The summed E-state index contributed by atoms with van der Waals surface area (Å²) in [5.74, 6) is -4.39. The summed E-state index contributed by atoms with van der Waals surface area (Å²) in [7, 11) is 0. The minimum atomic E-state index is -5.19. The van der Waals surface area contributed by atoms with Gasteiger partial charge in [0.1, 0.15) is 5.82 Å². The van der Waals surface area contributed by atoms with Crippen molar-refractivity contribution in [3.63, 3.8) is 0 Å². The Morgan fingerprint density at radius 1 is 1.12 bits per heavy atom. The Labute approximate surface area is 135 Å². The number of rotatable bonds is 3. The molecule has 1 N–H and O–H groups in total. The number of carbonyl (C=O) groups is 1. The Kier molecular flexibility index (Phi) is 4.76. The van der Waals surface area contributed by atoms with Crippen LogP contribution in [0.4, 0.5) is 32.0 Å². The predicted octanol–water partition coefficient (Wildman–Crippen LogP) is 2.52. The smallest absolute Gasteiger partial charge is 0.320 e. The molecule has 0 spiro atoms. The third-order valence-corrected chi connectivity index (χ3v) is 2.55. The molecule has 0 unspecified atom stereocenters. The molecule has 134 valence electrons. The van der Waals surface area contributed by atoms with Crippen molar-refractivity contribution < 1.29 is 31.1 Å². The van der Waals surface area contributed by atoms with Gasteiger partial charge in [-0.2, -0.15) is 31.3 Å². The summed E-state index contributed by atoms with van der Waals surface area (Å²) in [4.78, 5) is 21.6. The van der Waals surface area contributed by atoms with Gasteiger partial charge in [0.05, 0.1) is 18.1 Å². The van der Waals surface area contributed by atoms with Gasteiger partial charge in [-0.3, -0.25) is 4.79 Å². The van der Waals surface area contributed by atoms with Crippen molar-refractivity contribution in [2.24, 2.45) is 0 Å². The van der Waals surface area contributed by atoms with E-state index in [1.165, 1.54) is 12.4 Å². The number of amides is 1. The Balaban J connectivity index is 2.23. The lowest BCUT2D eigenvalue weighted by atomic mass is 10.4. The van der Waals surface area contributed by atoms with Gasteiger partial charge < -0.3 is 5.32 Å². The molecular weight excluding hydrogens is 358 g/mol. The molecule has 25 heavy (non-hydrogen) atoms. The average molecular weight is 366 g/mol. The number of aryl methyl sites for hydroxylation is 1. The highest BCUT2D eigenvalue weighted by atomic mass is 19.4. The van der Waals surface area contributed by atoms with Gasteiger partial charge in [-0.25, -0.2) is 14.6 Å². The molecule has 0 saturated heterocycles. The van der Waals surface area contributed by atoms with Gasteiger partial charge in [-0.15, -0.1) is 5.10 Å². The van der Waals surface area contributed by atoms with Gasteiger partial charge in [0.2, 0.25) is 11.7 Å². The lowest BCUT2D eigenvalue weighted by molar-refractivity contribution is -0.150. The van der Waals surface area contributed by atoms with Crippen LogP contribution >= 0.6 is 0 Å². The lowest BCUT2D eigenvalue weighted by Crippen LogP contribution is -2.14. The molecule has 0 saturated carbocycles. The molecule has 0 bridgehead atoms. The highest BCUT2D eigenvalue weighted by Gasteiger charge is 2.43. The number of anilines is 1. The van der Waals surface area contributed by atoms with Crippen LogP contribution in [0.3, 0.4) is 0 Å². The zero-order valence-electron chi connectivity index (χ0n) is 12.2. The first-order valence-corrected chi connectivity index (χ1v) is 6.35. The van der Waals surface area contributed by atoms with Crippen molar-refractivity contribution in [1.82, 2.24) is 24.7 Å². The molecule has 1 amide bonds. The second-order valence-electron chi connectivity index (χ2n) is 4.52. The zero-order chi connectivity index (χ0) is 18.8. The maximum absolute atomic E-state index is 12.7. The summed E-state index contributed by atoms with van der Waals surface area (Å²) in [6.07, 6.45) is -6.90. The molecule has 0 atom stereocenters. The summed E-state index contributed by atoms with van der Waals surface area (Å²) in [5.41, 5.74) is 0.144. The maximum atomic E-state index is 12.7. The van der Waals surface area contributed by atoms with Gasteiger partial charge in [-0.1, -0.05) is 0 Å². The van der Waals surface area contributed by atoms with E-state index < -0.39 is 29.9 Å². The van der Waals surface area contributed by atoms with Gasteiger partial charge >= 0.3 is 12.4 Å². The Hall–Kier alpha value is -2.99. The SMILES string of the molecule is Cc1ncc(NC(=O)C=Cn2nc(C(F)(F)F)nc2C(F)(F)F)cn1. The van der Waals surface area contributed by atoms with Crippen molar-refractivity contribution in [2.75, 3.05) is 5.32 Å². The molecule has 7 nitrogen and oxygen atoms in total. The molecule has 13 heteroatoms. The third-order valence-electron chi connectivity index (χ3n) is 2.55. The molecule has 0 aliphatic rings. The van der Waals surface area contributed by atoms with Gasteiger partial charge in [-0.05, 0) is 6.92 Å². The van der Waals surface area contributed by atoms with Crippen LogP contribution in [-0.2, 0) is 17.1 Å². The number of aromatic nitrogens is 5. The van der Waals surface area contributed by atoms with Crippen molar-refractivity contribution in [3.8, 4) is 0 Å². The quantitative estimate of drug-likeness (QED) is 0.667. The van der Waals surface area contributed by atoms with E-state index in [0.717, 1.165) is 0 Å². The highest BCUT2D eigenvalue weighted by Crippen LogP contribution is 2.32. The molecule has 0 fully saturated rings. The van der Waals surface area contributed by atoms with E-state index >= 15 is 0 Å². The van der Waals surface area contributed by atoms with E-state index in [9.17, 15) is 31.1 Å². The number of hydrogen-bond donors (Lipinski definition) is 1. The van der Waals surface area contributed by atoms with Crippen LogP contribution in [0.2, 0.25) is 0 Å². The van der Waals surface area contributed by atoms with Crippen LogP contribution < -0.4 is 5.32 Å². The minimum absolute atomic E-state index is 0.144. The van der Waals surface area contributed by atoms with Crippen LogP contribution in [0.15, 0.2) is 18.5 Å². The van der Waals surface area contributed by atoms with E-state index in [1.54, 1.807) is 6.92 Å². The van der Waals surface area contributed by atoms with Gasteiger partial charge in [0.15, 0.2) is 0 Å². The first kappa shape index (κ1) is 18.4. The van der Waals surface area contributed by atoms with Crippen molar-refractivity contribution in [2.45, 2.75) is 19.3 Å². The first-order chi connectivity index (χ1) is 11.5. The monoisotopic (exact) mass is 366 g/mol. The fraction of sp³-hybridized carbons (Fsp3) is 0.250. The topological polar surface area (TPSA) is 85.6 Å². The van der Waals surface area contributed by atoms with Crippen LogP contribution in [0.5, 0.6) is 0 Å². The summed E-state index contributed by atoms with van der Waals surface area (Å²) in [5, 5.41) is 4.93. The summed E-state index contributed by atoms with van der Waals surface area (Å²) in [6.45, 7) is 1.59.